The number of hydrogen-bond donors (Lipinski definition) is 0. The molecule has 25 heavy (non-hydrogen) atoms. The number of hydrogen-bond acceptors (Lipinski definition) is 2. The molecular weight excluding hydrogens is 370 g/mol. The molecule has 0 N–H and O–H groups in total. The molecule has 0 fully saturated rings. The lowest BCUT2D eigenvalue weighted by atomic mass is 9.94. The SMILES string of the molecule is Fc1cc2c(c(F)c1F)C(F)OO2.[B]c1c(F)c(F)c(F)c(F)c1F. The first-order valence-electron chi connectivity index (χ1n) is 5.99. The Kier molecular flexibility index (Phi) is 5.21. The third-order valence-corrected chi connectivity index (χ3v) is 2.86. The van der Waals surface area contributed by atoms with Crippen molar-refractivity contribution in [3.63, 3.8) is 0 Å². The summed E-state index contributed by atoms with van der Waals surface area (Å²) in [5.41, 5.74) is -2.12. The minimum Gasteiger partial charge on any atom is -0.333 e. The molecule has 0 saturated heterocycles. The molecule has 0 saturated carbocycles. The first-order valence-corrected chi connectivity index (χ1v) is 5.99. The summed E-state index contributed by atoms with van der Waals surface area (Å²) in [5.74, 6) is -15.6. The summed E-state index contributed by atoms with van der Waals surface area (Å²) < 4.78 is 112. The molecule has 1 unspecified atom stereocenters. The van der Waals surface area contributed by atoms with Crippen molar-refractivity contribution in [2.24, 2.45) is 0 Å². The fourth-order valence-electron chi connectivity index (χ4n) is 1.63. The summed E-state index contributed by atoms with van der Waals surface area (Å²) in [5, 5.41) is 0. The van der Waals surface area contributed by atoms with Gasteiger partial charge in [0, 0.05) is 6.07 Å². The van der Waals surface area contributed by atoms with Crippen molar-refractivity contribution in [3.8, 4) is 5.75 Å². The van der Waals surface area contributed by atoms with Crippen molar-refractivity contribution in [1.29, 1.82) is 0 Å². The molecule has 1 aliphatic heterocycles. The summed E-state index contributed by atoms with van der Waals surface area (Å²) in [4.78, 5) is 7.98. The summed E-state index contributed by atoms with van der Waals surface area (Å²) >= 11 is 0. The van der Waals surface area contributed by atoms with Crippen molar-refractivity contribution < 1.29 is 49.3 Å². The molecule has 1 atom stereocenters. The van der Waals surface area contributed by atoms with Crippen LogP contribution >= 0.6 is 0 Å². The Morgan fingerprint density at radius 1 is 0.720 bits per heavy atom. The molecule has 2 aromatic carbocycles. The monoisotopic (exact) mass is 372 g/mol. The predicted molar refractivity (Wildman–Crippen MR) is 63.5 cm³/mol. The topological polar surface area (TPSA) is 18.5 Å². The number of rotatable bonds is 0. The van der Waals surface area contributed by atoms with Gasteiger partial charge in [-0.2, -0.15) is 0 Å². The van der Waals surface area contributed by atoms with Crippen molar-refractivity contribution >= 4 is 13.3 Å². The number of fused-ring (bicyclic) bond motifs is 1. The average molecular weight is 372 g/mol. The molecule has 132 valence electrons. The van der Waals surface area contributed by atoms with E-state index in [1.165, 1.54) is 0 Å². The molecule has 2 nitrogen and oxygen atoms in total. The van der Waals surface area contributed by atoms with E-state index in [0.717, 1.165) is 0 Å². The van der Waals surface area contributed by atoms with E-state index in [-0.39, 0.29) is 0 Å². The zero-order chi connectivity index (χ0) is 19.0. The maximum absolute atomic E-state index is 12.8. The second-order valence-electron chi connectivity index (χ2n) is 4.38. The van der Waals surface area contributed by atoms with Crippen LogP contribution in [0.15, 0.2) is 6.07 Å². The molecule has 0 aromatic heterocycles. The van der Waals surface area contributed by atoms with Crippen LogP contribution in [0.4, 0.5) is 39.5 Å². The zero-order valence-electron chi connectivity index (χ0n) is 11.5. The summed E-state index contributed by atoms with van der Waals surface area (Å²) in [6.45, 7) is 0. The van der Waals surface area contributed by atoms with E-state index in [0.29, 0.717) is 6.07 Å². The van der Waals surface area contributed by atoms with Crippen molar-refractivity contribution in [2.75, 3.05) is 0 Å². The van der Waals surface area contributed by atoms with Gasteiger partial charge in [0.05, 0.1) is 0 Å². The van der Waals surface area contributed by atoms with Crippen LogP contribution in [-0.2, 0) is 4.89 Å². The normalized spacial score (nSPS) is 15.3. The van der Waals surface area contributed by atoms with E-state index < -0.39 is 69.7 Å². The second-order valence-corrected chi connectivity index (χ2v) is 4.38. The molecule has 12 heteroatoms. The highest BCUT2D eigenvalue weighted by Crippen LogP contribution is 2.39. The van der Waals surface area contributed by atoms with E-state index in [1.54, 1.807) is 0 Å². The van der Waals surface area contributed by atoms with Crippen LogP contribution < -0.4 is 10.4 Å². The minimum absolute atomic E-state index is 0.483. The van der Waals surface area contributed by atoms with Crippen LogP contribution in [0.5, 0.6) is 5.75 Å². The van der Waals surface area contributed by atoms with Gasteiger partial charge in [-0.3, -0.25) is 0 Å². The largest absolute Gasteiger partial charge is 0.333 e. The Balaban J connectivity index is 0.000000181. The first-order chi connectivity index (χ1) is 11.6. The predicted octanol–water partition coefficient (Wildman–Crippen LogP) is 3.57. The van der Waals surface area contributed by atoms with Crippen LogP contribution in [0.1, 0.15) is 11.9 Å². The van der Waals surface area contributed by atoms with Gasteiger partial charge >= 0.3 is 0 Å². The van der Waals surface area contributed by atoms with Gasteiger partial charge in [0.25, 0.3) is 6.36 Å². The summed E-state index contributed by atoms with van der Waals surface area (Å²) in [6.07, 6.45) is -2.22. The van der Waals surface area contributed by atoms with Gasteiger partial charge in [-0.05, 0) is 5.46 Å². The molecule has 0 aliphatic carbocycles. The number of halogens is 9. The molecule has 2 aromatic rings. The third-order valence-electron chi connectivity index (χ3n) is 2.86. The Labute approximate surface area is 134 Å². The number of benzene rings is 2. The molecule has 2 radical (unpaired) electrons. The van der Waals surface area contributed by atoms with Gasteiger partial charge in [0.1, 0.15) is 13.4 Å². The quantitative estimate of drug-likeness (QED) is 0.232. The molecule has 0 amide bonds. The van der Waals surface area contributed by atoms with Gasteiger partial charge in [0.2, 0.25) is 0 Å². The Hall–Kier alpha value is -2.37. The Bertz CT molecular complexity index is 738. The van der Waals surface area contributed by atoms with Gasteiger partial charge in [-0.25, -0.2) is 39.5 Å². The van der Waals surface area contributed by atoms with E-state index in [2.05, 4.69) is 17.6 Å². The Morgan fingerprint density at radius 3 is 1.72 bits per heavy atom. The smallest absolute Gasteiger partial charge is 0.274 e. The number of alkyl halides is 1. The van der Waals surface area contributed by atoms with Crippen LogP contribution in [0.3, 0.4) is 0 Å². The molecule has 1 heterocycles. The van der Waals surface area contributed by atoms with E-state index in [1.807, 2.05) is 0 Å². The molecule has 3 rings (SSSR count). The van der Waals surface area contributed by atoms with Crippen LogP contribution in [0.2, 0.25) is 0 Å². The van der Waals surface area contributed by atoms with E-state index >= 15 is 0 Å². The molecule has 0 bridgehead atoms. The van der Waals surface area contributed by atoms with Crippen LogP contribution in [0.25, 0.3) is 0 Å². The van der Waals surface area contributed by atoms with Crippen LogP contribution in [0, 0.1) is 46.5 Å². The average Bonchev–Trinajstić information content (AvgIpc) is 2.95. The Morgan fingerprint density at radius 2 is 1.20 bits per heavy atom. The van der Waals surface area contributed by atoms with Gasteiger partial charge in [0.15, 0.2) is 52.3 Å². The lowest BCUT2D eigenvalue weighted by Crippen LogP contribution is -2.20. The maximum atomic E-state index is 12.8. The van der Waals surface area contributed by atoms with E-state index in [9.17, 15) is 39.5 Å². The molecule has 0 spiro atoms. The van der Waals surface area contributed by atoms with Gasteiger partial charge in [-0.15, -0.1) is 4.89 Å². The first kappa shape index (κ1) is 19.0. The van der Waals surface area contributed by atoms with Crippen molar-refractivity contribution in [1.82, 2.24) is 0 Å². The van der Waals surface area contributed by atoms with E-state index in [4.69, 9.17) is 0 Å². The maximum Gasteiger partial charge on any atom is 0.274 e. The molecular formula is C13H2BF9O2. The summed E-state index contributed by atoms with van der Waals surface area (Å²) in [6, 6.07) is 0.521. The standard InChI is InChI=1S/C7H2F4O2.C6BF5/c8-2-1-3-4(6(10)5(2)9)7(11)13-12-3;7-1-2(8)4(10)6(12)5(11)3(1)9/h1,7H;. The van der Waals surface area contributed by atoms with Crippen molar-refractivity contribution in [3.05, 3.63) is 58.2 Å². The van der Waals surface area contributed by atoms with Gasteiger partial charge < -0.3 is 4.89 Å². The fraction of sp³-hybridized carbons (Fsp3) is 0.0769. The van der Waals surface area contributed by atoms with Gasteiger partial charge in [-0.1, -0.05) is 0 Å². The highest BCUT2D eigenvalue weighted by molar-refractivity contribution is 6.32. The molecule has 1 aliphatic rings. The highest BCUT2D eigenvalue weighted by atomic mass is 19.2. The highest BCUT2D eigenvalue weighted by Gasteiger charge is 2.33. The van der Waals surface area contributed by atoms with Crippen LogP contribution in [-0.4, -0.2) is 7.85 Å². The van der Waals surface area contributed by atoms with Crippen molar-refractivity contribution in [2.45, 2.75) is 6.36 Å². The fourth-order valence-corrected chi connectivity index (χ4v) is 1.63. The minimum atomic E-state index is -2.22. The third kappa shape index (κ3) is 3.25. The lowest BCUT2D eigenvalue weighted by molar-refractivity contribution is -0.261. The second kappa shape index (κ2) is 6.86. The summed E-state index contributed by atoms with van der Waals surface area (Å²) in [7, 11) is 4.56. The lowest BCUT2D eigenvalue weighted by Gasteiger charge is -2.02. The zero-order valence-corrected chi connectivity index (χ0v) is 11.5.